The summed E-state index contributed by atoms with van der Waals surface area (Å²) in [4.78, 5) is 15.3. The lowest BCUT2D eigenvalue weighted by Crippen LogP contribution is -2.40. The molecule has 0 spiro atoms. The molecule has 5 nitrogen and oxygen atoms in total. The lowest BCUT2D eigenvalue weighted by molar-refractivity contribution is 0.0680. The van der Waals surface area contributed by atoms with Crippen LogP contribution in [-0.4, -0.2) is 43.4 Å². The van der Waals surface area contributed by atoms with E-state index in [1.807, 2.05) is 43.3 Å². The lowest BCUT2D eigenvalue weighted by Gasteiger charge is -2.29. The first-order chi connectivity index (χ1) is 16.8. The molecule has 8 heteroatoms. The highest BCUT2D eigenvalue weighted by molar-refractivity contribution is 7.91. The van der Waals surface area contributed by atoms with Crippen molar-refractivity contribution in [3.8, 4) is 16.9 Å². The second kappa shape index (κ2) is 11.0. The molecular formula is C27H27Cl2NO4S. The van der Waals surface area contributed by atoms with Gasteiger partial charge in [-0.05, 0) is 54.3 Å². The van der Waals surface area contributed by atoms with E-state index >= 15 is 0 Å². The summed E-state index contributed by atoms with van der Waals surface area (Å²) in [5, 5.41) is 1.13. The molecule has 0 N–H and O–H groups in total. The van der Waals surface area contributed by atoms with E-state index in [0.29, 0.717) is 40.9 Å². The van der Waals surface area contributed by atoms with Gasteiger partial charge in [0.25, 0.3) is 5.91 Å². The number of nitrogens with zero attached hydrogens (tertiary/aromatic N) is 1. The third-order valence-corrected chi connectivity index (χ3v) is 8.31. The Morgan fingerprint density at radius 1 is 1.06 bits per heavy atom. The molecule has 0 radical (unpaired) electrons. The highest BCUT2D eigenvalue weighted by Gasteiger charge is 2.35. The summed E-state index contributed by atoms with van der Waals surface area (Å²) in [6.45, 7) is 2.88. The zero-order valence-electron chi connectivity index (χ0n) is 19.4. The Balaban J connectivity index is 1.59. The predicted octanol–water partition coefficient (Wildman–Crippen LogP) is 6.28. The number of benzene rings is 3. The number of amides is 1. The Morgan fingerprint density at radius 3 is 2.49 bits per heavy atom. The van der Waals surface area contributed by atoms with E-state index in [1.54, 1.807) is 35.2 Å². The fourth-order valence-electron chi connectivity index (χ4n) is 4.20. The molecule has 3 aromatic rings. The van der Waals surface area contributed by atoms with E-state index in [4.69, 9.17) is 27.9 Å². The van der Waals surface area contributed by atoms with Gasteiger partial charge in [-0.2, -0.15) is 0 Å². The fraction of sp³-hybridized carbons (Fsp3) is 0.296. The normalized spacial score (nSPS) is 16.7. The van der Waals surface area contributed by atoms with E-state index in [0.717, 1.165) is 23.1 Å². The van der Waals surface area contributed by atoms with Gasteiger partial charge >= 0.3 is 0 Å². The van der Waals surface area contributed by atoms with E-state index in [-0.39, 0.29) is 23.5 Å². The van der Waals surface area contributed by atoms with Gasteiger partial charge in [-0.25, -0.2) is 8.42 Å². The van der Waals surface area contributed by atoms with Crippen molar-refractivity contribution in [3.63, 3.8) is 0 Å². The second-order valence-corrected chi connectivity index (χ2v) is 11.8. The number of sulfone groups is 1. The van der Waals surface area contributed by atoms with Gasteiger partial charge in [-0.3, -0.25) is 4.79 Å². The van der Waals surface area contributed by atoms with Crippen molar-refractivity contribution in [2.75, 3.05) is 18.1 Å². The highest BCUT2D eigenvalue weighted by atomic mass is 35.5. The van der Waals surface area contributed by atoms with Gasteiger partial charge in [0, 0.05) is 33.8 Å². The highest BCUT2D eigenvalue weighted by Crippen LogP contribution is 2.31. The molecule has 1 aliphatic heterocycles. The molecule has 1 fully saturated rings. The molecule has 1 saturated heterocycles. The van der Waals surface area contributed by atoms with E-state index in [1.165, 1.54) is 0 Å². The zero-order chi connectivity index (χ0) is 25.0. The van der Waals surface area contributed by atoms with Crippen LogP contribution >= 0.6 is 23.2 Å². The minimum absolute atomic E-state index is 0.0246. The van der Waals surface area contributed by atoms with Crippen LogP contribution in [0, 0.1) is 0 Å². The first-order valence-corrected chi connectivity index (χ1v) is 14.1. The Kier molecular flexibility index (Phi) is 8.05. The first-order valence-electron chi connectivity index (χ1n) is 11.5. The van der Waals surface area contributed by atoms with Gasteiger partial charge in [0.2, 0.25) is 0 Å². The summed E-state index contributed by atoms with van der Waals surface area (Å²) in [7, 11) is -3.16. The molecule has 1 unspecified atom stereocenters. The minimum atomic E-state index is -3.16. The molecule has 0 bridgehead atoms. The summed E-state index contributed by atoms with van der Waals surface area (Å²) < 4.78 is 30.1. The van der Waals surface area contributed by atoms with Crippen molar-refractivity contribution in [2.45, 2.75) is 32.4 Å². The Morgan fingerprint density at radius 2 is 1.83 bits per heavy atom. The van der Waals surface area contributed by atoms with Gasteiger partial charge in [0.1, 0.15) is 5.75 Å². The van der Waals surface area contributed by atoms with Crippen LogP contribution in [0.4, 0.5) is 0 Å². The number of ether oxygens (including phenoxy) is 1. The summed E-state index contributed by atoms with van der Waals surface area (Å²) in [5.41, 5.74) is 3.17. The Bertz CT molecular complexity index is 1310. The number of halogens is 2. The molecule has 1 aliphatic rings. The second-order valence-electron chi connectivity index (χ2n) is 8.69. The molecule has 0 aromatic heterocycles. The van der Waals surface area contributed by atoms with Crippen LogP contribution in [0.3, 0.4) is 0 Å². The molecule has 3 aromatic carbocycles. The smallest absolute Gasteiger partial charge is 0.254 e. The fourth-order valence-corrected chi connectivity index (χ4v) is 6.45. The average molecular weight is 532 g/mol. The molecule has 0 aliphatic carbocycles. The van der Waals surface area contributed by atoms with E-state index in [2.05, 4.69) is 0 Å². The Hall–Kier alpha value is -2.54. The summed E-state index contributed by atoms with van der Waals surface area (Å²) in [6.07, 6.45) is 1.29. The zero-order valence-corrected chi connectivity index (χ0v) is 21.7. The summed E-state index contributed by atoms with van der Waals surface area (Å²) in [6, 6.07) is 19.8. The van der Waals surface area contributed by atoms with Crippen molar-refractivity contribution in [2.24, 2.45) is 0 Å². The van der Waals surface area contributed by atoms with E-state index in [9.17, 15) is 13.2 Å². The molecule has 1 heterocycles. The Labute approximate surface area is 216 Å². The van der Waals surface area contributed by atoms with Gasteiger partial charge in [-0.1, -0.05) is 66.5 Å². The van der Waals surface area contributed by atoms with Crippen LogP contribution < -0.4 is 4.74 Å². The standard InChI is InChI=1S/C27H27Cl2NO4S/c1-2-13-34-24-5-3-4-21(15-24)27(31)30(23-12-14-35(32,33)18-23)17-19-6-8-20(9-7-19)25-11-10-22(28)16-26(25)29/h3-11,15-16,23H,2,12-14,17-18H2,1H3. The van der Waals surface area contributed by atoms with Crippen molar-refractivity contribution in [1.82, 2.24) is 4.90 Å². The summed E-state index contributed by atoms with van der Waals surface area (Å²) in [5.74, 6) is 0.484. The van der Waals surface area contributed by atoms with Gasteiger partial charge in [0.05, 0.1) is 18.1 Å². The van der Waals surface area contributed by atoms with Crippen molar-refractivity contribution in [3.05, 3.63) is 87.9 Å². The maximum absolute atomic E-state index is 13.6. The SMILES string of the molecule is CCCOc1cccc(C(=O)N(Cc2ccc(-c3ccc(Cl)cc3Cl)cc2)C2CCS(=O)(=O)C2)c1. The number of hydrogen-bond donors (Lipinski definition) is 0. The minimum Gasteiger partial charge on any atom is -0.494 e. The molecule has 0 saturated carbocycles. The average Bonchev–Trinajstić information content (AvgIpc) is 3.21. The van der Waals surface area contributed by atoms with Crippen molar-refractivity contribution < 1.29 is 17.9 Å². The quantitative estimate of drug-likeness (QED) is 0.343. The number of carbonyl (C=O) groups excluding carboxylic acids is 1. The van der Waals surface area contributed by atoms with Crippen LogP contribution in [0.1, 0.15) is 35.7 Å². The van der Waals surface area contributed by atoms with Gasteiger partial charge < -0.3 is 9.64 Å². The topological polar surface area (TPSA) is 63.7 Å². The third kappa shape index (κ3) is 6.37. The maximum atomic E-state index is 13.6. The van der Waals surface area contributed by atoms with E-state index < -0.39 is 9.84 Å². The van der Waals surface area contributed by atoms with Crippen LogP contribution in [0.25, 0.3) is 11.1 Å². The molecule has 4 rings (SSSR count). The molecule has 1 amide bonds. The van der Waals surface area contributed by atoms with Crippen LogP contribution in [0.2, 0.25) is 10.0 Å². The van der Waals surface area contributed by atoms with Crippen LogP contribution in [0.15, 0.2) is 66.7 Å². The number of carbonyl (C=O) groups is 1. The maximum Gasteiger partial charge on any atom is 0.254 e. The monoisotopic (exact) mass is 531 g/mol. The predicted molar refractivity (Wildman–Crippen MR) is 141 cm³/mol. The number of hydrogen-bond acceptors (Lipinski definition) is 4. The third-order valence-electron chi connectivity index (χ3n) is 6.01. The van der Waals surface area contributed by atoms with Gasteiger partial charge in [0.15, 0.2) is 9.84 Å². The van der Waals surface area contributed by atoms with Crippen LogP contribution in [-0.2, 0) is 16.4 Å². The molecular weight excluding hydrogens is 505 g/mol. The molecule has 1 atom stereocenters. The van der Waals surface area contributed by atoms with Crippen LogP contribution in [0.5, 0.6) is 5.75 Å². The molecule has 35 heavy (non-hydrogen) atoms. The number of rotatable bonds is 8. The lowest BCUT2D eigenvalue weighted by atomic mass is 10.0. The van der Waals surface area contributed by atoms with Crippen molar-refractivity contribution in [1.29, 1.82) is 0 Å². The largest absolute Gasteiger partial charge is 0.494 e. The molecule has 184 valence electrons. The summed E-state index contributed by atoms with van der Waals surface area (Å²) >= 11 is 12.4. The van der Waals surface area contributed by atoms with Gasteiger partial charge in [-0.15, -0.1) is 0 Å². The van der Waals surface area contributed by atoms with Crippen molar-refractivity contribution >= 4 is 38.9 Å². The first kappa shape index (κ1) is 25.5.